The van der Waals surface area contributed by atoms with Crippen LogP contribution in [0.15, 0.2) is 84.0 Å². The molecule has 0 spiro atoms. The number of nitrogens with one attached hydrogen (secondary N) is 2. The predicted molar refractivity (Wildman–Crippen MR) is 142 cm³/mol. The van der Waals surface area contributed by atoms with Crippen LogP contribution in [0.2, 0.25) is 0 Å². The van der Waals surface area contributed by atoms with E-state index in [4.69, 9.17) is 9.47 Å². The fourth-order valence-electron chi connectivity index (χ4n) is 3.09. The molecule has 0 aliphatic heterocycles. The number of hydrogen-bond acceptors (Lipinski definition) is 8. The Hall–Kier alpha value is -4.57. The molecule has 0 saturated carbocycles. The molecular formula is C27H25N5O4S. The van der Waals surface area contributed by atoms with Crippen molar-refractivity contribution in [3.05, 3.63) is 101 Å². The van der Waals surface area contributed by atoms with Gasteiger partial charge in [0.15, 0.2) is 0 Å². The van der Waals surface area contributed by atoms with Crippen LogP contribution in [-0.4, -0.2) is 41.4 Å². The molecule has 10 heteroatoms. The molecule has 0 radical (unpaired) electrons. The highest BCUT2D eigenvalue weighted by molar-refractivity contribution is 7.15. The summed E-state index contributed by atoms with van der Waals surface area (Å²) in [5.74, 6) is 0.885. The molecule has 37 heavy (non-hydrogen) atoms. The third kappa shape index (κ3) is 8.25. The van der Waals surface area contributed by atoms with E-state index >= 15 is 0 Å². The average Bonchev–Trinajstić information content (AvgIpc) is 3.35. The number of rotatable bonds is 11. The van der Waals surface area contributed by atoms with Gasteiger partial charge < -0.3 is 9.47 Å². The van der Waals surface area contributed by atoms with E-state index in [0.29, 0.717) is 34.7 Å². The van der Waals surface area contributed by atoms with E-state index in [-0.39, 0.29) is 18.2 Å². The zero-order chi connectivity index (χ0) is 25.9. The molecule has 4 aromatic rings. The Morgan fingerprint density at radius 2 is 1.54 bits per heavy atom. The van der Waals surface area contributed by atoms with Crippen LogP contribution in [0, 0.1) is 6.92 Å². The van der Waals surface area contributed by atoms with Gasteiger partial charge in [0.1, 0.15) is 29.7 Å². The lowest BCUT2D eigenvalue weighted by Crippen LogP contribution is -2.19. The summed E-state index contributed by atoms with van der Waals surface area (Å²) in [6.07, 6.45) is 1.53. The summed E-state index contributed by atoms with van der Waals surface area (Å²) >= 11 is 1.13. The summed E-state index contributed by atoms with van der Waals surface area (Å²) in [5.41, 5.74) is 4.96. The second-order valence-electron chi connectivity index (χ2n) is 7.87. The monoisotopic (exact) mass is 515 g/mol. The summed E-state index contributed by atoms with van der Waals surface area (Å²) in [4.78, 5) is 24.4. The van der Waals surface area contributed by atoms with E-state index in [1.54, 1.807) is 24.3 Å². The van der Waals surface area contributed by atoms with Crippen molar-refractivity contribution in [1.82, 2.24) is 15.6 Å². The van der Waals surface area contributed by atoms with Gasteiger partial charge in [-0.2, -0.15) is 5.10 Å². The molecular weight excluding hydrogens is 490 g/mol. The van der Waals surface area contributed by atoms with Crippen molar-refractivity contribution in [2.24, 2.45) is 5.10 Å². The van der Waals surface area contributed by atoms with Crippen molar-refractivity contribution in [2.75, 3.05) is 18.5 Å². The van der Waals surface area contributed by atoms with Crippen molar-refractivity contribution in [3.8, 4) is 11.5 Å². The first kappa shape index (κ1) is 25.5. The zero-order valence-corrected chi connectivity index (χ0v) is 20.9. The number of aryl methyl sites for hydroxylation is 1. The predicted octanol–water partition coefficient (Wildman–Crippen LogP) is 4.25. The highest BCUT2D eigenvalue weighted by atomic mass is 32.1. The van der Waals surface area contributed by atoms with Crippen LogP contribution in [0.3, 0.4) is 0 Å². The number of nitrogens with zero attached hydrogens (tertiary/aromatic N) is 3. The smallest absolute Gasteiger partial charge is 0.257 e. The molecule has 2 N–H and O–H groups in total. The molecule has 9 nitrogen and oxygen atoms in total. The lowest BCUT2D eigenvalue weighted by molar-refractivity contribution is -0.120. The summed E-state index contributed by atoms with van der Waals surface area (Å²) in [7, 11) is 0. The third-order valence-corrected chi connectivity index (χ3v) is 5.80. The summed E-state index contributed by atoms with van der Waals surface area (Å²) < 4.78 is 11.3. The van der Waals surface area contributed by atoms with E-state index in [9.17, 15) is 9.59 Å². The van der Waals surface area contributed by atoms with Crippen molar-refractivity contribution < 1.29 is 19.1 Å². The average molecular weight is 516 g/mol. The molecule has 4 rings (SSSR count). The number of hydrogen-bond donors (Lipinski definition) is 2. The Kier molecular flexibility index (Phi) is 8.92. The lowest BCUT2D eigenvalue weighted by atomic mass is 10.2. The molecule has 0 aliphatic rings. The fraction of sp³-hybridized carbons (Fsp3) is 0.148. The molecule has 0 aliphatic carbocycles. The quantitative estimate of drug-likeness (QED) is 0.175. The first-order chi connectivity index (χ1) is 18.0. The summed E-state index contributed by atoms with van der Waals surface area (Å²) in [6.45, 7) is 2.89. The molecule has 2 amide bonds. The number of aromatic nitrogens is 2. The maximum atomic E-state index is 12.2. The Balaban J connectivity index is 1.16. The highest BCUT2D eigenvalue weighted by Crippen LogP contribution is 2.17. The Morgan fingerprint density at radius 1 is 0.892 bits per heavy atom. The van der Waals surface area contributed by atoms with E-state index in [1.165, 1.54) is 11.8 Å². The van der Waals surface area contributed by atoms with E-state index in [1.807, 2.05) is 61.5 Å². The van der Waals surface area contributed by atoms with Crippen molar-refractivity contribution in [1.29, 1.82) is 0 Å². The van der Waals surface area contributed by atoms with Gasteiger partial charge in [-0.15, -0.1) is 10.2 Å². The maximum Gasteiger partial charge on any atom is 0.257 e. The number of benzene rings is 3. The summed E-state index contributed by atoms with van der Waals surface area (Å²) in [5, 5.41) is 15.3. The normalized spacial score (nSPS) is 10.7. The second-order valence-corrected chi connectivity index (χ2v) is 8.93. The number of hydrazone groups is 1. The second kappa shape index (κ2) is 12.9. The number of amides is 2. The summed E-state index contributed by atoms with van der Waals surface area (Å²) in [6, 6.07) is 23.9. The van der Waals surface area contributed by atoms with Gasteiger partial charge in [0.2, 0.25) is 11.0 Å². The van der Waals surface area contributed by atoms with Gasteiger partial charge in [0.25, 0.3) is 5.91 Å². The van der Waals surface area contributed by atoms with Crippen molar-refractivity contribution >= 4 is 34.5 Å². The number of ether oxygens (including phenoxy) is 2. The Morgan fingerprint density at radius 3 is 2.22 bits per heavy atom. The van der Waals surface area contributed by atoms with Gasteiger partial charge in [0.05, 0.1) is 12.6 Å². The van der Waals surface area contributed by atoms with Crippen LogP contribution in [0.25, 0.3) is 0 Å². The molecule has 0 unspecified atom stereocenters. The minimum absolute atomic E-state index is 0.00630. The van der Waals surface area contributed by atoms with E-state index in [0.717, 1.165) is 22.6 Å². The molecule has 0 bridgehead atoms. The topological polar surface area (TPSA) is 115 Å². The van der Waals surface area contributed by atoms with Gasteiger partial charge in [0, 0.05) is 5.56 Å². The first-order valence-corrected chi connectivity index (χ1v) is 12.3. The zero-order valence-electron chi connectivity index (χ0n) is 20.1. The van der Waals surface area contributed by atoms with Crippen LogP contribution in [0.5, 0.6) is 11.5 Å². The minimum atomic E-state index is -0.345. The van der Waals surface area contributed by atoms with Gasteiger partial charge >= 0.3 is 0 Å². The van der Waals surface area contributed by atoms with Gasteiger partial charge in [-0.05, 0) is 61.0 Å². The maximum absolute atomic E-state index is 12.2. The van der Waals surface area contributed by atoms with Crippen LogP contribution in [-0.2, 0) is 11.2 Å². The Bertz CT molecular complexity index is 1340. The molecule has 188 valence electrons. The molecule has 0 saturated heterocycles. The van der Waals surface area contributed by atoms with Crippen molar-refractivity contribution in [3.63, 3.8) is 0 Å². The molecule has 1 aromatic heterocycles. The lowest BCUT2D eigenvalue weighted by Gasteiger charge is -2.08. The van der Waals surface area contributed by atoms with E-state index in [2.05, 4.69) is 26.0 Å². The van der Waals surface area contributed by atoms with Crippen molar-refractivity contribution in [2.45, 2.75) is 13.3 Å². The third-order valence-electron chi connectivity index (χ3n) is 4.96. The molecule has 0 fully saturated rings. The van der Waals surface area contributed by atoms with Gasteiger partial charge in [-0.1, -0.05) is 47.2 Å². The highest BCUT2D eigenvalue weighted by Gasteiger charge is 2.12. The van der Waals surface area contributed by atoms with Crippen LogP contribution in [0.1, 0.15) is 26.5 Å². The number of anilines is 1. The fourth-order valence-corrected chi connectivity index (χ4v) is 3.83. The minimum Gasteiger partial charge on any atom is -0.490 e. The first-order valence-electron chi connectivity index (χ1n) is 11.5. The van der Waals surface area contributed by atoms with Gasteiger partial charge in [-0.3, -0.25) is 14.9 Å². The molecule has 0 atom stereocenters. The number of carbonyl (C=O) groups is 2. The van der Waals surface area contributed by atoms with Crippen LogP contribution in [0.4, 0.5) is 5.13 Å². The molecule has 1 heterocycles. The number of carbonyl (C=O) groups excluding carboxylic acids is 2. The van der Waals surface area contributed by atoms with Crippen LogP contribution < -0.4 is 20.2 Å². The largest absolute Gasteiger partial charge is 0.490 e. The Labute approximate surface area is 218 Å². The van der Waals surface area contributed by atoms with Gasteiger partial charge in [-0.25, -0.2) is 5.43 Å². The van der Waals surface area contributed by atoms with Crippen LogP contribution >= 0.6 is 11.3 Å². The SMILES string of the molecule is Cc1ccc(OCCOc2ccc(/C=N/NC(=O)Cc3nnc(NC(=O)c4ccccc4)s3)cc2)cc1. The standard InChI is InChI=1S/C27H25N5O4S/c1-19-7-11-22(12-8-19)35-15-16-36-23-13-9-20(10-14-23)18-28-30-24(33)17-25-31-32-27(37-25)29-26(34)21-5-3-2-4-6-21/h2-14,18H,15-17H2,1H3,(H,30,33)(H,29,32,34)/b28-18+. The van der Waals surface area contributed by atoms with E-state index < -0.39 is 0 Å². The molecule has 3 aromatic carbocycles.